The van der Waals surface area contributed by atoms with Gasteiger partial charge in [0.05, 0.1) is 40.6 Å². The number of aliphatic hydroxyl groups is 5. The van der Waals surface area contributed by atoms with Crippen LogP contribution in [0.4, 0.5) is 0 Å². The molecule has 216 valence electrons. The van der Waals surface area contributed by atoms with Crippen LogP contribution in [0.5, 0.6) is 28.7 Å². The third kappa shape index (κ3) is 5.87. The van der Waals surface area contributed by atoms with Crippen LogP contribution in [0.15, 0.2) is 30.3 Å². The van der Waals surface area contributed by atoms with Gasteiger partial charge in [0, 0.05) is 12.5 Å². The molecule has 2 saturated heterocycles. The third-order valence-corrected chi connectivity index (χ3v) is 7.33. The molecule has 2 aromatic carbocycles. The molecule has 12 heteroatoms. The average Bonchev–Trinajstić information content (AvgIpc) is 3.36. The van der Waals surface area contributed by atoms with Crippen molar-refractivity contribution in [2.45, 2.75) is 43.2 Å². The minimum Gasteiger partial charge on any atom is -0.504 e. The van der Waals surface area contributed by atoms with Crippen molar-refractivity contribution >= 4 is 0 Å². The van der Waals surface area contributed by atoms with Crippen LogP contribution >= 0.6 is 0 Å². The molecule has 8 unspecified atom stereocenters. The van der Waals surface area contributed by atoms with Crippen LogP contribution in [0, 0.1) is 11.8 Å². The number of rotatable bonds is 10. The summed E-state index contributed by atoms with van der Waals surface area (Å²) in [4.78, 5) is 0. The molecule has 0 spiro atoms. The Bertz CT molecular complexity index is 1080. The monoisotopic (exact) mass is 552 g/mol. The van der Waals surface area contributed by atoms with E-state index in [0.717, 1.165) is 5.56 Å². The number of ether oxygens (including phenoxy) is 6. The second kappa shape index (κ2) is 12.6. The van der Waals surface area contributed by atoms with Gasteiger partial charge in [-0.15, -0.1) is 0 Å². The van der Waals surface area contributed by atoms with E-state index in [1.165, 1.54) is 21.3 Å². The highest BCUT2D eigenvalue weighted by Crippen LogP contribution is 2.47. The van der Waals surface area contributed by atoms with E-state index in [1.54, 1.807) is 30.3 Å². The first-order chi connectivity index (χ1) is 18.8. The summed E-state index contributed by atoms with van der Waals surface area (Å²) in [7, 11) is 4.31. The molecule has 39 heavy (non-hydrogen) atoms. The van der Waals surface area contributed by atoms with Crippen molar-refractivity contribution in [3.8, 4) is 28.7 Å². The molecule has 6 N–H and O–H groups in total. The Balaban J connectivity index is 1.57. The zero-order valence-electron chi connectivity index (χ0n) is 22.0. The lowest BCUT2D eigenvalue weighted by atomic mass is 9.84. The molecule has 4 rings (SSSR count). The van der Waals surface area contributed by atoms with Crippen molar-refractivity contribution in [2.75, 3.05) is 41.2 Å². The molecule has 8 atom stereocenters. The van der Waals surface area contributed by atoms with Crippen LogP contribution in [0.1, 0.15) is 17.2 Å². The molecule has 2 aliphatic rings. The highest BCUT2D eigenvalue weighted by atomic mass is 16.7. The van der Waals surface area contributed by atoms with Crippen molar-refractivity contribution in [2.24, 2.45) is 11.8 Å². The van der Waals surface area contributed by atoms with E-state index in [9.17, 15) is 30.6 Å². The first kappa shape index (κ1) is 29.2. The zero-order valence-corrected chi connectivity index (χ0v) is 22.0. The molecule has 2 heterocycles. The van der Waals surface area contributed by atoms with Crippen LogP contribution in [0.2, 0.25) is 0 Å². The van der Waals surface area contributed by atoms with Gasteiger partial charge in [-0.2, -0.15) is 0 Å². The van der Waals surface area contributed by atoms with Gasteiger partial charge in [-0.25, -0.2) is 0 Å². The maximum absolute atomic E-state index is 10.4. The number of aromatic hydroxyl groups is 1. The second-order valence-corrected chi connectivity index (χ2v) is 9.64. The summed E-state index contributed by atoms with van der Waals surface area (Å²) in [5.74, 6) is 0.618. The maximum atomic E-state index is 10.4. The van der Waals surface area contributed by atoms with Gasteiger partial charge in [0.15, 0.2) is 23.0 Å². The predicted molar refractivity (Wildman–Crippen MR) is 135 cm³/mol. The highest BCUT2D eigenvalue weighted by molar-refractivity contribution is 5.54. The normalized spacial score (nSPS) is 30.7. The number of phenols is 1. The van der Waals surface area contributed by atoms with Gasteiger partial charge in [0.2, 0.25) is 12.0 Å². The van der Waals surface area contributed by atoms with Crippen LogP contribution in [0.3, 0.4) is 0 Å². The average molecular weight is 553 g/mol. The van der Waals surface area contributed by atoms with E-state index in [-0.39, 0.29) is 41.4 Å². The number of hydrogen-bond acceptors (Lipinski definition) is 12. The van der Waals surface area contributed by atoms with Gasteiger partial charge in [-0.3, -0.25) is 0 Å². The Morgan fingerprint density at radius 1 is 0.846 bits per heavy atom. The van der Waals surface area contributed by atoms with E-state index in [4.69, 9.17) is 28.4 Å². The van der Waals surface area contributed by atoms with Crippen LogP contribution < -0.4 is 18.9 Å². The Morgan fingerprint density at radius 2 is 1.51 bits per heavy atom. The quantitative estimate of drug-likeness (QED) is 0.235. The first-order valence-electron chi connectivity index (χ1n) is 12.6. The standard InChI is InChI=1S/C27H36O12/c1-34-18-7-13(4-5-17(18)30)6-15-12-37-25(16(15)10-28)14-8-19(35-2)26(20(9-14)36-3)39-27-24(33)23(32)22(31)21(11-29)38-27/h4-5,7-9,15-16,21-25,27-33H,6,10-12H2,1-3H3. The van der Waals surface area contributed by atoms with Crippen LogP contribution in [-0.4, -0.2) is 102 Å². The van der Waals surface area contributed by atoms with Crippen molar-refractivity contribution in [3.63, 3.8) is 0 Å². The summed E-state index contributed by atoms with van der Waals surface area (Å²) in [6.45, 7) is -0.358. The lowest BCUT2D eigenvalue weighted by Crippen LogP contribution is -2.60. The Hall–Kier alpha value is -2.84. The van der Waals surface area contributed by atoms with Crippen molar-refractivity contribution in [1.82, 2.24) is 0 Å². The van der Waals surface area contributed by atoms with E-state index in [2.05, 4.69) is 0 Å². The molecule has 0 aromatic heterocycles. The smallest absolute Gasteiger partial charge is 0.229 e. The summed E-state index contributed by atoms with van der Waals surface area (Å²) < 4.78 is 33.7. The molecule has 2 aliphatic heterocycles. The molecule has 0 bridgehead atoms. The number of aliphatic hydroxyl groups excluding tert-OH is 5. The Labute approximate surface area is 225 Å². The predicted octanol–water partition coefficient (Wildman–Crippen LogP) is 0.135. The van der Waals surface area contributed by atoms with Crippen molar-refractivity contribution in [1.29, 1.82) is 0 Å². The molecular weight excluding hydrogens is 516 g/mol. The fourth-order valence-corrected chi connectivity index (χ4v) is 5.13. The Morgan fingerprint density at radius 3 is 2.10 bits per heavy atom. The summed E-state index contributed by atoms with van der Waals surface area (Å²) >= 11 is 0. The van der Waals surface area contributed by atoms with Gasteiger partial charge in [0.25, 0.3) is 0 Å². The van der Waals surface area contributed by atoms with Gasteiger partial charge in [0.1, 0.15) is 24.4 Å². The van der Waals surface area contributed by atoms with Gasteiger partial charge in [-0.1, -0.05) is 6.07 Å². The fraction of sp³-hybridized carbons (Fsp3) is 0.556. The molecule has 2 fully saturated rings. The van der Waals surface area contributed by atoms with E-state index < -0.39 is 43.4 Å². The minimum atomic E-state index is -1.62. The van der Waals surface area contributed by atoms with Gasteiger partial charge < -0.3 is 59.1 Å². The number of methoxy groups -OCH3 is 3. The fourth-order valence-electron chi connectivity index (χ4n) is 5.13. The number of benzene rings is 2. The molecule has 12 nitrogen and oxygen atoms in total. The van der Waals surface area contributed by atoms with Crippen molar-refractivity contribution < 1.29 is 59.1 Å². The minimum absolute atomic E-state index is 0.0312. The van der Waals surface area contributed by atoms with Gasteiger partial charge >= 0.3 is 0 Å². The molecular formula is C27H36O12. The summed E-state index contributed by atoms with van der Waals surface area (Å²) in [6.07, 6.45) is -7.25. The van der Waals surface area contributed by atoms with E-state index >= 15 is 0 Å². The lowest BCUT2D eigenvalue weighted by molar-refractivity contribution is -0.277. The molecule has 0 aliphatic carbocycles. The zero-order chi connectivity index (χ0) is 28.3. The van der Waals surface area contributed by atoms with Crippen LogP contribution in [-0.2, 0) is 15.9 Å². The van der Waals surface area contributed by atoms with E-state index in [0.29, 0.717) is 24.3 Å². The lowest BCUT2D eigenvalue weighted by Gasteiger charge is -2.39. The molecule has 0 saturated carbocycles. The SMILES string of the molecule is COc1cc(CC2COC(c3cc(OC)c(OC4OC(CO)C(O)C(O)C4O)c(OC)c3)C2CO)ccc1O. The largest absolute Gasteiger partial charge is 0.504 e. The molecule has 2 aromatic rings. The van der Waals surface area contributed by atoms with E-state index in [1.807, 2.05) is 0 Å². The van der Waals surface area contributed by atoms with Crippen molar-refractivity contribution in [3.05, 3.63) is 41.5 Å². The number of hydrogen-bond donors (Lipinski definition) is 6. The topological polar surface area (TPSA) is 177 Å². The second-order valence-electron chi connectivity index (χ2n) is 9.64. The summed E-state index contributed by atoms with van der Waals surface area (Å²) in [5.41, 5.74) is 1.59. The summed E-state index contributed by atoms with van der Waals surface area (Å²) in [6, 6.07) is 8.47. The third-order valence-electron chi connectivity index (χ3n) is 7.33. The van der Waals surface area contributed by atoms with Crippen LogP contribution in [0.25, 0.3) is 0 Å². The highest BCUT2D eigenvalue weighted by Gasteiger charge is 2.45. The molecule has 0 radical (unpaired) electrons. The molecule has 0 amide bonds. The summed E-state index contributed by atoms with van der Waals surface area (Å²) in [5, 5.41) is 60.2. The first-order valence-corrected chi connectivity index (χ1v) is 12.6. The van der Waals surface area contributed by atoms with Gasteiger partial charge in [-0.05, 0) is 47.7 Å². The maximum Gasteiger partial charge on any atom is 0.229 e. The number of phenolic OH excluding ortho intramolecular Hbond substituents is 1. The Kier molecular flexibility index (Phi) is 9.39.